The van der Waals surface area contributed by atoms with E-state index in [-0.39, 0.29) is 14.9 Å². The highest BCUT2D eigenvalue weighted by Gasteiger charge is 2.27. The predicted octanol–water partition coefficient (Wildman–Crippen LogP) is 14.3. The Kier molecular flexibility index (Phi) is 22.5. The highest BCUT2D eigenvalue weighted by molar-refractivity contribution is 6.02. The molecule has 0 heterocycles. The average molecular weight is 1030 g/mol. The molecular formula is C71H89N6+3. The van der Waals surface area contributed by atoms with Gasteiger partial charge in [-0.2, -0.15) is 0 Å². The lowest BCUT2D eigenvalue weighted by atomic mass is 9.79. The predicted molar refractivity (Wildman–Crippen MR) is 337 cm³/mol. The Bertz CT molecular complexity index is 2660. The van der Waals surface area contributed by atoms with Crippen LogP contribution in [0.1, 0.15) is 66.0 Å². The molecule has 0 saturated heterocycles. The molecule has 0 radical (unpaired) electrons. The summed E-state index contributed by atoms with van der Waals surface area (Å²) in [6, 6.07) is 59.3. The van der Waals surface area contributed by atoms with Crippen molar-refractivity contribution < 1.29 is 13.7 Å². The normalized spacial score (nSPS) is 17.0. The van der Waals surface area contributed by atoms with E-state index in [1.807, 2.05) is 0 Å². The van der Waals surface area contributed by atoms with Crippen LogP contribution < -0.4 is 14.7 Å². The van der Waals surface area contributed by atoms with Crippen LogP contribution in [0.5, 0.6) is 0 Å². The highest BCUT2D eigenvalue weighted by Crippen LogP contribution is 2.38. The number of anilines is 3. The van der Waals surface area contributed by atoms with Gasteiger partial charge < -0.3 is 14.7 Å². The molecule has 6 aromatic carbocycles. The monoisotopic (exact) mass is 1030 g/mol. The molecule has 0 fully saturated rings. The van der Waals surface area contributed by atoms with E-state index in [1.165, 1.54) is 67.6 Å². The van der Waals surface area contributed by atoms with Crippen LogP contribution >= 0.6 is 0 Å². The minimum Gasteiger partial charge on any atom is -0.378 e. The molecular weight excluding hydrogens is 937 g/mol. The summed E-state index contributed by atoms with van der Waals surface area (Å²) in [6.07, 6.45) is 27.3. The molecule has 0 amide bonds. The lowest BCUT2D eigenvalue weighted by Crippen LogP contribution is -2.17. The van der Waals surface area contributed by atoms with Gasteiger partial charge in [-0.1, -0.05) is 179 Å². The van der Waals surface area contributed by atoms with Crippen molar-refractivity contribution in [2.24, 2.45) is 17.8 Å². The summed E-state index contributed by atoms with van der Waals surface area (Å²) in [5.74, 6) is 2.06. The Morgan fingerprint density at radius 1 is 0.273 bits per heavy atom. The van der Waals surface area contributed by atoms with Gasteiger partial charge >= 0.3 is 0 Å². The minimum atomic E-state index is 0. The van der Waals surface area contributed by atoms with Crippen LogP contribution in [-0.2, 0) is 0 Å². The van der Waals surface area contributed by atoms with Crippen LogP contribution in [0.3, 0.4) is 0 Å². The lowest BCUT2D eigenvalue weighted by molar-refractivity contribution is -0.462. The van der Waals surface area contributed by atoms with Crippen LogP contribution in [0.2, 0.25) is 0 Å². The van der Waals surface area contributed by atoms with E-state index in [9.17, 15) is 0 Å². The third-order valence-electron chi connectivity index (χ3n) is 14.4. The SMILES string of the molecule is C.C.CN(C)c1ccc(C(c2ccccc2)C2C=CC(=[N+](C)C)C=C2)cc1.CN(C)c1ccc(C(c2ccccc2)C2C=CC(=[N+](C)C)C=C2)cc1.CN(C)c1ccc(C(c2ccccc2)C2C=CC(=[N+](C)C)C=C2)cc1. The Hall–Kier alpha value is -7.83. The van der Waals surface area contributed by atoms with Crippen molar-refractivity contribution in [2.75, 3.05) is 99.3 Å². The second-order valence-electron chi connectivity index (χ2n) is 21.0. The Balaban J connectivity index is 0.000000210. The standard InChI is InChI=1S/3C23H27N2.2CH4/c3*1-24(2)21-14-10-19(11-15-21)23(18-8-6-5-7-9-18)20-12-16-22(17-13-20)25(3)4;;/h3*5-17,19,23H,1-4H3;2*1H4/q3*+1;;. The van der Waals surface area contributed by atoms with E-state index in [0.29, 0.717) is 35.5 Å². The van der Waals surface area contributed by atoms with Crippen molar-refractivity contribution >= 4 is 34.2 Å². The average Bonchev–Trinajstić information content (AvgIpc) is 3.44. The third-order valence-corrected chi connectivity index (χ3v) is 14.4. The van der Waals surface area contributed by atoms with Gasteiger partial charge in [0.2, 0.25) is 0 Å². The first kappa shape index (κ1) is 60.0. The molecule has 0 saturated carbocycles. The van der Waals surface area contributed by atoms with E-state index in [2.05, 4.69) is 350 Å². The van der Waals surface area contributed by atoms with Crippen molar-refractivity contribution in [3.05, 3.63) is 270 Å². The maximum Gasteiger partial charge on any atom is 0.198 e. The molecule has 0 bridgehead atoms. The van der Waals surface area contributed by atoms with Crippen molar-refractivity contribution in [3.8, 4) is 0 Å². The first-order valence-electron chi connectivity index (χ1n) is 26.4. The molecule has 6 nitrogen and oxygen atoms in total. The second kappa shape index (κ2) is 28.9. The number of hydrogen-bond donors (Lipinski definition) is 0. The Morgan fingerprint density at radius 3 is 0.623 bits per heavy atom. The molecule has 3 aliphatic carbocycles. The lowest BCUT2D eigenvalue weighted by Gasteiger charge is -2.25. The summed E-state index contributed by atoms with van der Waals surface area (Å²) in [7, 11) is 25.0. The molecule has 3 atom stereocenters. The topological polar surface area (TPSA) is 18.8 Å². The molecule has 9 rings (SSSR count). The highest BCUT2D eigenvalue weighted by atomic mass is 15.1. The van der Waals surface area contributed by atoms with Crippen LogP contribution in [0.4, 0.5) is 17.1 Å². The largest absolute Gasteiger partial charge is 0.378 e. The fraction of sp³-hybridized carbons (Fsp3) is 0.282. The minimum absolute atomic E-state index is 0. The number of nitrogens with zero attached hydrogens (tertiary/aromatic N) is 6. The van der Waals surface area contributed by atoms with Crippen molar-refractivity contribution in [2.45, 2.75) is 32.6 Å². The van der Waals surface area contributed by atoms with Gasteiger partial charge in [-0.15, -0.1) is 0 Å². The van der Waals surface area contributed by atoms with E-state index < -0.39 is 0 Å². The molecule has 77 heavy (non-hydrogen) atoms. The molecule has 0 aliphatic heterocycles. The van der Waals surface area contributed by atoms with Gasteiger partial charge in [-0.3, -0.25) is 0 Å². The Morgan fingerprint density at radius 2 is 0.455 bits per heavy atom. The fourth-order valence-corrected chi connectivity index (χ4v) is 10.0. The van der Waals surface area contributed by atoms with Gasteiger partial charge in [-0.05, 0) is 69.8 Å². The van der Waals surface area contributed by atoms with Gasteiger partial charge in [0.15, 0.2) is 17.1 Å². The first-order valence-corrected chi connectivity index (χ1v) is 26.4. The molecule has 3 unspecified atom stereocenters. The summed E-state index contributed by atoms with van der Waals surface area (Å²) in [5, 5.41) is 0. The smallest absolute Gasteiger partial charge is 0.198 e. The van der Waals surface area contributed by atoms with Crippen LogP contribution in [0.15, 0.2) is 237 Å². The van der Waals surface area contributed by atoms with Crippen LogP contribution in [0, 0.1) is 17.8 Å². The summed E-state index contributed by atoms with van der Waals surface area (Å²) < 4.78 is 6.44. The maximum absolute atomic E-state index is 2.33. The fourth-order valence-electron chi connectivity index (χ4n) is 10.0. The van der Waals surface area contributed by atoms with Crippen LogP contribution in [0.25, 0.3) is 0 Å². The second-order valence-corrected chi connectivity index (χ2v) is 21.0. The molecule has 0 aromatic heterocycles. The summed E-state index contributed by atoms with van der Waals surface area (Å²) >= 11 is 0. The zero-order chi connectivity index (χ0) is 53.4. The summed E-state index contributed by atoms with van der Waals surface area (Å²) in [5.41, 5.74) is 15.5. The van der Waals surface area contributed by atoms with Gasteiger partial charge in [0, 0.05) is 131 Å². The van der Waals surface area contributed by atoms with Crippen molar-refractivity contribution in [3.63, 3.8) is 0 Å². The first-order chi connectivity index (χ1) is 36.2. The summed E-state index contributed by atoms with van der Waals surface area (Å²) in [4.78, 5) is 6.42. The zero-order valence-electron chi connectivity index (χ0n) is 46.7. The molecule has 0 spiro atoms. The van der Waals surface area contributed by atoms with E-state index in [1.54, 1.807) is 0 Å². The van der Waals surface area contributed by atoms with Gasteiger partial charge in [0.05, 0.1) is 0 Å². The Labute approximate surface area is 465 Å². The van der Waals surface area contributed by atoms with Gasteiger partial charge in [0.25, 0.3) is 0 Å². The molecule has 6 heteroatoms. The van der Waals surface area contributed by atoms with Crippen LogP contribution in [-0.4, -0.2) is 115 Å². The number of allylic oxidation sites excluding steroid dienone is 12. The molecule has 3 aliphatic rings. The number of hydrogen-bond acceptors (Lipinski definition) is 3. The third kappa shape index (κ3) is 16.1. The van der Waals surface area contributed by atoms with Crippen molar-refractivity contribution in [1.29, 1.82) is 0 Å². The summed E-state index contributed by atoms with van der Waals surface area (Å²) in [6.45, 7) is 0. The maximum atomic E-state index is 2.33. The van der Waals surface area contributed by atoms with E-state index in [0.717, 1.165) is 0 Å². The molecule has 0 N–H and O–H groups in total. The van der Waals surface area contributed by atoms with Gasteiger partial charge in [0.1, 0.15) is 42.3 Å². The quantitative estimate of drug-likeness (QED) is 0.114. The molecule has 400 valence electrons. The molecule has 6 aromatic rings. The number of rotatable bonds is 12. The van der Waals surface area contributed by atoms with Gasteiger partial charge in [-0.25, -0.2) is 13.7 Å². The van der Waals surface area contributed by atoms with Crippen molar-refractivity contribution in [1.82, 2.24) is 0 Å². The van der Waals surface area contributed by atoms with E-state index in [4.69, 9.17) is 0 Å². The van der Waals surface area contributed by atoms with E-state index >= 15 is 0 Å². The number of benzene rings is 6. The zero-order valence-corrected chi connectivity index (χ0v) is 46.7.